The SMILES string of the molecule is [2H]C([2H])(O)c1ccc(=O)n(-c2ccc(F)cc2)c1. The zero-order chi connectivity index (χ0) is 13.3. The largest absolute Gasteiger partial charge is 0.392 e. The molecule has 0 aliphatic heterocycles. The summed E-state index contributed by atoms with van der Waals surface area (Å²) in [5.74, 6) is -0.430. The van der Waals surface area contributed by atoms with E-state index in [1.165, 1.54) is 36.5 Å². The predicted molar refractivity (Wildman–Crippen MR) is 57.9 cm³/mol. The Bertz CT molecular complexity index is 617. The van der Waals surface area contributed by atoms with Crippen LogP contribution < -0.4 is 5.56 Å². The van der Waals surface area contributed by atoms with Crippen molar-refractivity contribution in [1.29, 1.82) is 0 Å². The summed E-state index contributed by atoms with van der Waals surface area (Å²) in [4.78, 5) is 11.6. The molecule has 1 heterocycles. The highest BCUT2D eigenvalue weighted by atomic mass is 19.1. The minimum Gasteiger partial charge on any atom is -0.392 e. The van der Waals surface area contributed by atoms with Gasteiger partial charge in [-0.05, 0) is 35.9 Å². The maximum atomic E-state index is 12.8. The van der Waals surface area contributed by atoms with E-state index < -0.39 is 17.9 Å². The molecule has 0 saturated heterocycles. The van der Waals surface area contributed by atoms with Crippen molar-refractivity contribution < 1.29 is 12.2 Å². The lowest BCUT2D eigenvalue weighted by Crippen LogP contribution is -2.17. The Hall–Kier alpha value is -1.94. The first-order valence-electron chi connectivity index (χ1n) is 5.59. The molecular weight excluding hydrogens is 209 g/mol. The van der Waals surface area contributed by atoms with Gasteiger partial charge in [-0.25, -0.2) is 4.39 Å². The summed E-state index contributed by atoms with van der Waals surface area (Å²) in [5, 5.41) is 9.25. The minimum atomic E-state index is -2.53. The van der Waals surface area contributed by atoms with Crippen LogP contribution in [0.1, 0.15) is 8.30 Å². The fourth-order valence-electron chi connectivity index (χ4n) is 1.36. The lowest BCUT2D eigenvalue weighted by Gasteiger charge is -2.06. The summed E-state index contributed by atoms with van der Waals surface area (Å²) in [7, 11) is 0. The number of aliphatic hydroxyl groups is 1. The van der Waals surface area contributed by atoms with Crippen molar-refractivity contribution in [3.8, 4) is 5.69 Å². The molecule has 82 valence electrons. The van der Waals surface area contributed by atoms with Gasteiger partial charge in [-0.2, -0.15) is 0 Å². The van der Waals surface area contributed by atoms with Gasteiger partial charge in [0.15, 0.2) is 0 Å². The fourth-order valence-corrected chi connectivity index (χ4v) is 1.36. The molecule has 0 aliphatic carbocycles. The van der Waals surface area contributed by atoms with Crippen LogP contribution >= 0.6 is 0 Å². The van der Waals surface area contributed by atoms with Crippen molar-refractivity contribution in [3.63, 3.8) is 0 Å². The summed E-state index contributed by atoms with van der Waals surface area (Å²) in [6, 6.07) is 7.54. The van der Waals surface area contributed by atoms with E-state index >= 15 is 0 Å². The van der Waals surface area contributed by atoms with E-state index in [1.807, 2.05) is 0 Å². The molecule has 1 N–H and O–H groups in total. The number of nitrogens with zero attached hydrogens (tertiary/aromatic N) is 1. The number of benzene rings is 1. The van der Waals surface area contributed by atoms with Crippen molar-refractivity contribution >= 4 is 0 Å². The van der Waals surface area contributed by atoms with Crippen LogP contribution in [0.5, 0.6) is 0 Å². The molecular formula is C12H10FNO2. The molecule has 2 rings (SSSR count). The zero-order valence-electron chi connectivity index (χ0n) is 10.2. The van der Waals surface area contributed by atoms with Crippen molar-refractivity contribution in [2.24, 2.45) is 0 Å². The third kappa shape index (κ3) is 2.01. The van der Waals surface area contributed by atoms with Crippen molar-refractivity contribution in [3.05, 3.63) is 64.3 Å². The van der Waals surface area contributed by atoms with Crippen molar-refractivity contribution in [1.82, 2.24) is 4.57 Å². The summed E-state index contributed by atoms with van der Waals surface area (Å²) in [6.07, 6.45) is 1.19. The van der Waals surface area contributed by atoms with Gasteiger partial charge in [-0.15, -0.1) is 0 Å². The molecule has 2 aromatic rings. The average Bonchev–Trinajstić information content (AvgIpc) is 2.29. The van der Waals surface area contributed by atoms with Crippen molar-refractivity contribution in [2.45, 2.75) is 6.56 Å². The van der Waals surface area contributed by atoms with Gasteiger partial charge in [0.1, 0.15) is 5.82 Å². The van der Waals surface area contributed by atoms with E-state index in [0.717, 1.165) is 10.6 Å². The second-order valence-corrected chi connectivity index (χ2v) is 3.21. The topological polar surface area (TPSA) is 42.2 Å². The van der Waals surface area contributed by atoms with E-state index in [0.29, 0.717) is 5.69 Å². The molecule has 1 aromatic carbocycles. The number of aromatic nitrogens is 1. The Morgan fingerprint density at radius 1 is 1.25 bits per heavy atom. The highest BCUT2D eigenvalue weighted by molar-refractivity contribution is 5.33. The van der Waals surface area contributed by atoms with Gasteiger partial charge in [0.2, 0.25) is 0 Å². The van der Waals surface area contributed by atoms with E-state index in [4.69, 9.17) is 2.74 Å². The fraction of sp³-hybridized carbons (Fsp3) is 0.0833. The Labute approximate surface area is 94.2 Å². The van der Waals surface area contributed by atoms with Crippen LogP contribution in [0.3, 0.4) is 0 Å². The first-order chi connectivity index (χ1) is 8.38. The first kappa shape index (κ1) is 8.24. The highest BCUT2D eigenvalue weighted by Crippen LogP contribution is 2.07. The van der Waals surface area contributed by atoms with E-state index in [1.54, 1.807) is 0 Å². The van der Waals surface area contributed by atoms with Gasteiger partial charge in [0, 0.05) is 18.0 Å². The number of hydrogen-bond donors (Lipinski definition) is 1. The highest BCUT2D eigenvalue weighted by Gasteiger charge is 2.01. The van der Waals surface area contributed by atoms with Crippen LogP contribution in [-0.4, -0.2) is 9.67 Å². The van der Waals surface area contributed by atoms with Crippen LogP contribution in [0, 0.1) is 5.82 Å². The van der Waals surface area contributed by atoms with E-state index in [2.05, 4.69) is 0 Å². The molecule has 0 unspecified atom stereocenters. The lowest BCUT2D eigenvalue weighted by molar-refractivity contribution is 0.281. The monoisotopic (exact) mass is 221 g/mol. The maximum Gasteiger partial charge on any atom is 0.255 e. The molecule has 0 amide bonds. The third-order valence-corrected chi connectivity index (χ3v) is 2.14. The standard InChI is InChI=1S/C12H10FNO2/c13-10-2-4-11(5-3-10)14-7-9(8-15)1-6-12(14)16/h1-7,15H,8H2/i8D2. The summed E-state index contributed by atoms with van der Waals surface area (Å²) in [6.45, 7) is -2.53. The Kier molecular flexibility index (Phi) is 2.21. The molecule has 0 saturated carbocycles. The number of hydrogen-bond acceptors (Lipinski definition) is 2. The van der Waals surface area contributed by atoms with Gasteiger partial charge in [0.05, 0.1) is 9.30 Å². The van der Waals surface area contributed by atoms with Gasteiger partial charge in [-0.3, -0.25) is 9.36 Å². The third-order valence-electron chi connectivity index (χ3n) is 2.14. The molecule has 16 heavy (non-hydrogen) atoms. The Balaban J connectivity index is 2.57. The van der Waals surface area contributed by atoms with Gasteiger partial charge >= 0.3 is 0 Å². The summed E-state index contributed by atoms with van der Waals surface area (Å²) in [5.41, 5.74) is -0.0477. The molecule has 1 aromatic heterocycles. The zero-order valence-corrected chi connectivity index (χ0v) is 8.22. The van der Waals surface area contributed by atoms with Gasteiger partial charge in [-0.1, -0.05) is 0 Å². The Morgan fingerprint density at radius 2 is 1.94 bits per heavy atom. The van der Waals surface area contributed by atoms with Crippen LogP contribution in [0.2, 0.25) is 0 Å². The minimum absolute atomic E-state index is 0.0496. The molecule has 0 radical (unpaired) electrons. The Morgan fingerprint density at radius 3 is 2.56 bits per heavy atom. The second kappa shape index (κ2) is 4.28. The first-order valence-corrected chi connectivity index (χ1v) is 4.59. The quantitative estimate of drug-likeness (QED) is 0.834. The maximum absolute atomic E-state index is 12.8. The van der Waals surface area contributed by atoms with E-state index in [-0.39, 0.29) is 5.56 Å². The molecule has 0 spiro atoms. The summed E-state index contributed by atoms with van der Waals surface area (Å²) < 4.78 is 28.3. The van der Waals surface area contributed by atoms with Gasteiger partial charge in [0.25, 0.3) is 5.56 Å². The van der Waals surface area contributed by atoms with Gasteiger partial charge < -0.3 is 5.11 Å². The normalized spacial score (nSPS) is 13.1. The molecule has 4 heteroatoms. The number of pyridine rings is 1. The number of halogens is 1. The smallest absolute Gasteiger partial charge is 0.255 e. The summed E-state index contributed by atoms with van der Waals surface area (Å²) >= 11 is 0. The van der Waals surface area contributed by atoms with E-state index in [9.17, 15) is 14.3 Å². The lowest BCUT2D eigenvalue weighted by atomic mass is 10.2. The predicted octanol–water partition coefficient (Wildman–Crippen LogP) is 1.47. The van der Waals surface area contributed by atoms with Crippen LogP contribution in [0.25, 0.3) is 5.69 Å². The molecule has 0 fully saturated rings. The van der Waals surface area contributed by atoms with Crippen LogP contribution in [0.15, 0.2) is 47.4 Å². The molecule has 0 bridgehead atoms. The molecule has 0 atom stereocenters. The average molecular weight is 221 g/mol. The second-order valence-electron chi connectivity index (χ2n) is 3.21. The molecule has 3 nitrogen and oxygen atoms in total. The molecule has 0 aliphatic rings. The van der Waals surface area contributed by atoms with Crippen molar-refractivity contribution in [2.75, 3.05) is 0 Å². The van der Waals surface area contributed by atoms with Crippen LogP contribution in [0.4, 0.5) is 4.39 Å². The van der Waals surface area contributed by atoms with Crippen LogP contribution in [-0.2, 0) is 6.56 Å². The number of rotatable bonds is 2.